The fourth-order valence-electron chi connectivity index (χ4n) is 4.21. The van der Waals surface area contributed by atoms with E-state index in [-0.39, 0.29) is 24.7 Å². The Labute approximate surface area is 186 Å². The predicted octanol–water partition coefficient (Wildman–Crippen LogP) is 2.72. The molecule has 2 atom stereocenters. The van der Waals surface area contributed by atoms with Gasteiger partial charge in [-0.25, -0.2) is 0 Å². The van der Waals surface area contributed by atoms with E-state index in [0.717, 1.165) is 29.8 Å². The maximum Gasteiger partial charge on any atom is 0.262 e. The molecule has 0 bridgehead atoms. The molecule has 0 aliphatic carbocycles. The first-order valence-corrected chi connectivity index (χ1v) is 10.9. The van der Waals surface area contributed by atoms with Gasteiger partial charge in [0.15, 0.2) is 0 Å². The summed E-state index contributed by atoms with van der Waals surface area (Å²) in [6, 6.07) is 4.19. The van der Waals surface area contributed by atoms with Gasteiger partial charge in [0.25, 0.3) is 11.8 Å². The van der Waals surface area contributed by atoms with Gasteiger partial charge >= 0.3 is 0 Å². The second-order valence-electron chi connectivity index (χ2n) is 8.48. The normalized spacial score (nSPS) is 19.6. The lowest BCUT2D eigenvalue weighted by Gasteiger charge is -2.27. The summed E-state index contributed by atoms with van der Waals surface area (Å²) in [5.41, 5.74) is 2.41. The Bertz CT molecular complexity index is 1120. The van der Waals surface area contributed by atoms with Crippen LogP contribution in [0.15, 0.2) is 36.7 Å². The Kier molecular flexibility index (Phi) is 6.03. The number of nitrogens with zero attached hydrogens (tertiary/aromatic N) is 3. The van der Waals surface area contributed by atoms with Gasteiger partial charge in [0.1, 0.15) is 6.04 Å². The Morgan fingerprint density at radius 2 is 2.03 bits per heavy atom. The number of imide groups is 2. The van der Waals surface area contributed by atoms with Gasteiger partial charge in [0.2, 0.25) is 11.8 Å². The van der Waals surface area contributed by atoms with E-state index in [4.69, 9.17) is 0 Å². The lowest BCUT2D eigenvalue weighted by atomic mass is 9.99. The molecular formula is C24H26N4O4. The van der Waals surface area contributed by atoms with E-state index < -0.39 is 23.8 Å². The molecule has 4 rings (SSSR count). The van der Waals surface area contributed by atoms with Crippen LogP contribution in [0.5, 0.6) is 0 Å². The molecule has 3 heterocycles. The molecule has 32 heavy (non-hydrogen) atoms. The van der Waals surface area contributed by atoms with Crippen LogP contribution >= 0.6 is 0 Å². The molecule has 166 valence electrons. The lowest BCUT2D eigenvalue weighted by molar-refractivity contribution is -0.136. The van der Waals surface area contributed by atoms with E-state index in [1.807, 2.05) is 36.2 Å². The highest BCUT2D eigenvalue weighted by atomic mass is 16.2. The van der Waals surface area contributed by atoms with Gasteiger partial charge in [-0.15, -0.1) is 0 Å². The van der Waals surface area contributed by atoms with Crippen molar-refractivity contribution in [3.05, 3.63) is 58.9 Å². The Hall–Kier alpha value is -3.55. The van der Waals surface area contributed by atoms with Crippen molar-refractivity contribution in [2.45, 2.75) is 52.1 Å². The fraction of sp³-hybridized carbons (Fsp3) is 0.375. The number of rotatable bonds is 7. The van der Waals surface area contributed by atoms with Crippen molar-refractivity contribution in [2.24, 2.45) is 5.92 Å². The number of nitrogens with one attached hydrogen (secondary N) is 1. The minimum absolute atomic E-state index is 0.103. The monoisotopic (exact) mass is 434 g/mol. The average Bonchev–Trinajstić information content (AvgIpc) is 3.28. The Morgan fingerprint density at radius 1 is 1.22 bits per heavy atom. The molecule has 1 aromatic carbocycles. The van der Waals surface area contributed by atoms with Gasteiger partial charge in [0, 0.05) is 19.2 Å². The third-order valence-electron chi connectivity index (χ3n) is 5.91. The van der Waals surface area contributed by atoms with Crippen LogP contribution in [-0.4, -0.2) is 44.4 Å². The molecule has 1 saturated heterocycles. The highest BCUT2D eigenvalue weighted by molar-refractivity contribution is 6.24. The molecule has 2 unspecified atom stereocenters. The number of amides is 4. The minimum Gasteiger partial charge on any atom is -0.295 e. The fourth-order valence-corrected chi connectivity index (χ4v) is 4.21. The van der Waals surface area contributed by atoms with E-state index in [1.54, 1.807) is 18.2 Å². The largest absolute Gasteiger partial charge is 0.295 e. The zero-order valence-corrected chi connectivity index (χ0v) is 18.2. The van der Waals surface area contributed by atoms with Crippen molar-refractivity contribution < 1.29 is 19.2 Å². The molecule has 0 radical (unpaired) electrons. The SMILES string of the molecule is Cc1cnn(CCCC(C)/C=C/c2cccc3c2C(=O)N(C2CCC(=O)NC2=O)C3=O)c1. The van der Waals surface area contributed by atoms with Crippen LogP contribution in [0.1, 0.15) is 64.4 Å². The summed E-state index contributed by atoms with van der Waals surface area (Å²) >= 11 is 0. The minimum atomic E-state index is -0.957. The first-order chi connectivity index (χ1) is 15.3. The van der Waals surface area contributed by atoms with Gasteiger partial charge in [-0.1, -0.05) is 31.2 Å². The number of aryl methyl sites for hydroxylation is 2. The number of benzene rings is 1. The van der Waals surface area contributed by atoms with Crippen LogP contribution in [0.3, 0.4) is 0 Å². The molecule has 2 aliphatic rings. The average molecular weight is 434 g/mol. The van der Waals surface area contributed by atoms with Crippen LogP contribution in [-0.2, 0) is 16.1 Å². The quantitative estimate of drug-likeness (QED) is 0.675. The van der Waals surface area contributed by atoms with Crippen LogP contribution in [0.25, 0.3) is 6.08 Å². The zero-order valence-electron chi connectivity index (χ0n) is 18.2. The van der Waals surface area contributed by atoms with Gasteiger partial charge in [-0.2, -0.15) is 5.10 Å². The van der Waals surface area contributed by atoms with Crippen LogP contribution in [0.2, 0.25) is 0 Å². The Balaban J connectivity index is 1.45. The van der Waals surface area contributed by atoms with Crippen LogP contribution < -0.4 is 5.32 Å². The maximum atomic E-state index is 13.1. The number of hydrogen-bond acceptors (Lipinski definition) is 5. The first-order valence-electron chi connectivity index (χ1n) is 10.9. The topological polar surface area (TPSA) is 101 Å². The molecule has 8 nitrogen and oxygen atoms in total. The summed E-state index contributed by atoms with van der Waals surface area (Å²) in [4.78, 5) is 50.7. The number of aromatic nitrogens is 2. The number of fused-ring (bicyclic) bond motifs is 1. The van der Waals surface area contributed by atoms with Crippen molar-refractivity contribution >= 4 is 29.7 Å². The molecule has 0 spiro atoms. The lowest BCUT2D eigenvalue weighted by Crippen LogP contribution is -2.54. The third kappa shape index (κ3) is 4.26. The summed E-state index contributed by atoms with van der Waals surface area (Å²) in [5.74, 6) is -1.68. The molecule has 2 aliphatic heterocycles. The smallest absolute Gasteiger partial charge is 0.262 e. The highest BCUT2D eigenvalue weighted by Gasteiger charge is 2.45. The third-order valence-corrected chi connectivity index (χ3v) is 5.91. The maximum absolute atomic E-state index is 13.1. The highest BCUT2D eigenvalue weighted by Crippen LogP contribution is 2.30. The van der Waals surface area contributed by atoms with Crippen molar-refractivity contribution in [1.82, 2.24) is 20.0 Å². The van der Waals surface area contributed by atoms with Gasteiger partial charge < -0.3 is 0 Å². The van der Waals surface area contributed by atoms with Crippen molar-refractivity contribution in [3.8, 4) is 0 Å². The number of carbonyl (C=O) groups excluding carboxylic acids is 4. The molecule has 8 heteroatoms. The molecule has 4 amide bonds. The van der Waals surface area contributed by atoms with E-state index >= 15 is 0 Å². The van der Waals surface area contributed by atoms with E-state index in [0.29, 0.717) is 16.7 Å². The van der Waals surface area contributed by atoms with Crippen molar-refractivity contribution in [1.29, 1.82) is 0 Å². The van der Waals surface area contributed by atoms with Crippen LogP contribution in [0.4, 0.5) is 0 Å². The summed E-state index contributed by atoms with van der Waals surface area (Å²) in [7, 11) is 0. The van der Waals surface area contributed by atoms with E-state index in [9.17, 15) is 19.2 Å². The number of hydrogen-bond donors (Lipinski definition) is 1. The molecule has 1 N–H and O–H groups in total. The summed E-state index contributed by atoms with van der Waals surface area (Å²) in [6.45, 7) is 4.97. The summed E-state index contributed by atoms with van der Waals surface area (Å²) in [6.07, 6.45) is 9.96. The van der Waals surface area contributed by atoms with Gasteiger partial charge in [0.05, 0.1) is 17.3 Å². The summed E-state index contributed by atoms with van der Waals surface area (Å²) < 4.78 is 1.93. The van der Waals surface area contributed by atoms with Gasteiger partial charge in [-0.05, 0) is 49.3 Å². The molecule has 0 saturated carbocycles. The van der Waals surface area contributed by atoms with Gasteiger partial charge in [-0.3, -0.25) is 34.1 Å². The Morgan fingerprint density at radius 3 is 2.75 bits per heavy atom. The molecule has 1 fully saturated rings. The predicted molar refractivity (Wildman–Crippen MR) is 118 cm³/mol. The van der Waals surface area contributed by atoms with E-state index in [1.165, 1.54) is 0 Å². The van der Waals surface area contributed by atoms with Crippen molar-refractivity contribution in [2.75, 3.05) is 0 Å². The van der Waals surface area contributed by atoms with Crippen LogP contribution in [0, 0.1) is 12.8 Å². The van der Waals surface area contributed by atoms with E-state index in [2.05, 4.69) is 17.3 Å². The second-order valence-corrected chi connectivity index (χ2v) is 8.48. The number of piperidine rings is 1. The standard InChI is InChI=1S/C24H26N4O4/c1-15(5-4-12-27-14-16(2)13-25-27)8-9-17-6-3-7-18-21(17)24(32)28(23(18)31)19-10-11-20(29)26-22(19)30/h3,6-9,13-15,19H,4-5,10-12H2,1-2H3,(H,26,29,30)/b9-8+. The second kappa shape index (κ2) is 8.90. The number of allylic oxidation sites excluding steroid dienone is 1. The molecule has 1 aromatic heterocycles. The molecular weight excluding hydrogens is 408 g/mol. The first kappa shape index (κ1) is 21.7. The summed E-state index contributed by atoms with van der Waals surface area (Å²) in [5, 5.41) is 6.51. The van der Waals surface area contributed by atoms with Crippen molar-refractivity contribution in [3.63, 3.8) is 0 Å². The number of carbonyl (C=O) groups is 4. The zero-order chi connectivity index (χ0) is 22.8. The molecule has 2 aromatic rings.